The monoisotopic (exact) mass is 296 g/mol. The summed E-state index contributed by atoms with van der Waals surface area (Å²) in [6.07, 6.45) is 0.968. The number of hydrogen-bond acceptors (Lipinski definition) is 4. The largest absolute Gasteiger partial charge is 0.454 e. The maximum absolute atomic E-state index is 10.2. The van der Waals surface area contributed by atoms with Gasteiger partial charge in [0.05, 0.1) is 11.1 Å². The van der Waals surface area contributed by atoms with Crippen molar-refractivity contribution < 1.29 is 14.6 Å². The molecule has 1 aromatic heterocycles. The predicted octanol–water partition coefficient (Wildman–Crippen LogP) is 3.80. The molecule has 19 heavy (non-hydrogen) atoms. The lowest BCUT2D eigenvalue weighted by atomic mass is 10.0. The van der Waals surface area contributed by atoms with Gasteiger partial charge in [0.15, 0.2) is 11.5 Å². The fourth-order valence-corrected chi connectivity index (χ4v) is 3.08. The van der Waals surface area contributed by atoms with Crippen molar-refractivity contribution in [3.05, 3.63) is 45.1 Å². The molecule has 0 saturated carbocycles. The lowest BCUT2D eigenvalue weighted by Gasteiger charge is -2.12. The third-order valence-electron chi connectivity index (χ3n) is 3.08. The molecule has 0 fully saturated rings. The van der Waals surface area contributed by atoms with Gasteiger partial charge in [0.25, 0.3) is 0 Å². The molecule has 0 saturated heterocycles. The van der Waals surface area contributed by atoms with E-state index in [2.05, 4.69) is 6.07 Å². The van der Waals surface area contributed by atoms with Crippen molar-refractivity contribution in [3.8, 4) is 11.5 Å². The van der Waals surface area contributed by atoms with Crippen LogP contribution in [0.1, 0.15) is 23.0 Å². The normalized spacial score (nSPS) is 14.6. The van der Waals surface area contributed by atoms with Crippen LogP contribution in [0.5, 0.6) is 11.5 Å². The first kappa shape index (κ1) is 12.8. The molecule has 0 bridgehead atoms. The third-order valence-corrected chi connectivity index (χ3v) is 4.30. The highest BCUT2D eigenvalue weighted by atomic mass is 35.5. The Morgan fingerprint density at radius 3 is 3.05 bits per heavy atom. The summed E-state index contributed by atoms with van der Waals surface area (Å²) in [4.78, 5) is 1.27. The van der Waals surface area contributed by atoms with Crippen LogP contribution in [0.4, 0.5) is 0 Å². The fourth-order valence-electron chi connectivity index (χ4n) is 2.08. The van der Waals surface area contributed by atoms with E-state index in [-0.39, 0.29) is 6.79 Å². The summed E-state index contributed by atoms with van der Waals surface area (Å²) in [6, 6.07) is 7.63. The Morgan fingerprint density at radius 1 is 1.37 bits per heavy atom. The molecule has 0 spiro atoms. The number of aryl methyl sites for hydroxylation is 1. The number of rotatable bonds is 4. The second-order valence-corrected chi connectivity index (χ2v) is 5.81. The van der Waals surface area contributed by atoms with Crippen molar-refractivity contribution >= 4 is 22.9 Å². The zero-order chi connectivity index (χ0) is 13.2. The van der Waals surface area contributed by atoms with Crippen molar-refractivity contribution in [1.82, 2.24) is 0 Å². The van der Waals surface area contributed by atoms with Crippen LogP contribution >= 0.6 is 22.9 Å². The van der Waals surface area contributed by atoms with Crippen LogP contribution in [0, 0.1) is 0 Å². The number of aliphatic hydroxyl groups is 1. The smallest absolute Gasteiger partial charge is 0.231 e. The van der Waals surface area contributed by atoms with Gasteiger partial charge in [0.2, 0.25) is 6.79 Å². The highest BCUT2D eigenvalue weighted by Gasteiger charge is 2.20. The summed E-state index contributed by atoms with van der Waals surface area (Å²) in [7, 11) is 0. The summed E-state index contributed by atoms with van der Waals surface area (Å²) in [6.45, 7) is 0.184. The lowest BCUT2D eigenvalue weighted by molar-refractivity contribution is 0.166. The van der Waals surface area contributed by atoms with Gasteiger partial charge < -0.3 is 14.6 Å². The molecule has 0 aliphatic carbocycles. The number of hydrogen-bond donors (Lipinski definition) is 1. The van der Waals surface area contributed by atoms with Crippen LogP contribution in [0.2, 0.25) is 5.02 Å². The van der Waals surface area contributed by atoms with Gasteiger partial charge in [-0.2, -0.15) is 0 Å². The summed E-state index contributed by atoms with van der Waals surface area (Å²) >= 11 is 7.81. The van der Waals surface area contributed by atoms with E-state index < -0.39 is 6.10 Å². The number of aliphatic hydroxyl groups excluding tert-OH is 1. The second-order valence-electron chi connectivity index (χ2n) is 4.37. The van der Waals surface area contributed by atoms with Gasteiger partial charge in [0, 0.05) is 4.88 Å². The first-order chi connectivity index (χ1) is 9.24. The quantitative estimate of drug-likeness (QED) is 0.933. The summed E-state index contributed by atoms with van der Waals surface area (Å²) in [5.41, 5.74) is 0.769. The second kappa shape index (κ2) is 5.41. The molecule has 0 radical (unpaired) electrons. The fraction of sp³-hybridized carbons (Fsp3) is 0.286. The molecule has 1 aliphatic rings. The van der Waals surface area contributed by atoms with Crippen molar-refractivity contribution in [2.24, 2.45) is 0 Å². The molecule has 0 amide bonds. The van der Waals surface area contributed by atoms with Crippen LogP contribution in [0.3, 0.4) is 0 Å². The molecule has 2 heterocycles. The van der Waals surface area contributed by atoms with E-state index in [9.17, 15) is 5.11 Å². The molecule has 3 rings (SSSR count). The van der Waals surface area contributed by atoms with Crippen LogP contribution in [0.15, 0.2) is 29.6 Å². The van der Waals surface area contributed by atoms with E-state index in [0.29, 0.717) is 22.9 Å². The van der Waals surface area contributed by atoms with Crippen molar-refractivity contribution in [2.75, 3.05) is 6.79 Å². The zero-order valence-corrected chi connectivity index (χ0v) is 11.7. The van der Waals surface area contributed by atoms with Gasteiger partial charge in [-0.25, -0.2) is 0 Å². The first-order valence-corrected chi connectivity index (χ1v) is 7.29. The minimum atomic E-state index is -0.547. The lowest BCUT2D eigenvalue weighted by Crippen LogP contribution is -1.99. The highest BCUT2D eigenvalue weighted by molar-refractivity contribution is 7.09. The van der Waals surface area contributed by atoms with E-state index >= 15 is 0 Å². The third kappa shape index (κ3) is 2.71. The maximum atomic E-state index is 10.2. The van der Waals surface area contributed by atoms with E-state index in [1.54, 1.807) is 23.5 Å². The molecule has 100 valence electrons. The van der Waals surface area contributed by atoms with Crippen LogP contribution in [-0.2, 0) is 6.42 Å². The minimum Gasteiger partial charge on any atom is -0.454 e. The Balaban J connectivity index is 1.73. The molecule has 1 aromatic carbocycles. The van der Waals surface area contributed by atoms with E-state index in [0.717, 1.165) is 12.0 Å². The molecule has 1 atom stereocenters. The van der Waals surface area contributed by atoms with Crippen LogP contribution in [-0.4, -0.2) is 11.9 Å². The van der Waals surface area contributed by atoms with Gasteiger partial charge in [-0.05, 0) is 42.0 Å². The van der Waals surface area contributed by atoms with E-state index in [4.69, 9.17) is 21.1 Å². The maximum Gasteiger partial charge on any atom is 0.231 e. The topological polar surface area (TPSA) is 38.7 Å². The number of benzene rings is 1. The van der Waals surface area contributed by atoms with Crippen molar-refractivity contribution in [3.63, 3.8) is 0 Å². The van der Waals surface area contributed by atoms with E-state index in [1.165, 1.54) is 4.88 Å². The van der Waals surface area contributed by atoms with Crippen molar-refractivity contribution in [1.29, 1.82) is 0 Å². The average Bonchev–Trinajstić information content (AvgIpc) is 3.06. The van der Waals surface area contributed by atoms with Crippen LogP contribution in [0.25, 0.3) is 0 Å². The van der Waals surface area contributed by atoms with Gasteiger partial charge in [-0.1, -0.05) is 17.7 Å². The highest BCUT2D eigenvalue weighted by Crippen LogP contribution is 2.41. The number of halogens is 1. The average molecular weight is 297 g/mol. The molecule has 2 aromatic rings. The molecular formula is C14H13ClO3S. The Morgan fingerprint density at radius 2 is 2.26 bits per heavy atom. The number of thiophene rings is 1. The van der Waals surface area contributed by atoms with Crippen molar-refractivity contribution in [2.45, 2.75) is 18.9 Å². The number of fused-ring (bicyclic) bond motifs is 1. The molecule has 1 unspecified atom stereocenters. The Hall–Kier alpha value is -1.23. The van der Waals surface area contributed by atoms with Gasteiger partial charge in [-0.3, -0.25) is 0 Å². The molecule has 5 heteroatoms. The molecule has 1 aliphatic heterocycles. The summed E-state index contributed by atoms with van der Waals surface area (Å²) in [5, 5.41) is 12.8. The summed E-state index contributed by atoms with van der Waals surface area (Å²) < 4.78 is 10.6. The Bertz CT molecular complexity index is 568. The first-order valence-electron chi connectivity index (χ1n) is 6.03. The SMILES string of the molecule is OC(CCc1cccs1)c1cc(Cl)c2c(c1)OCO2. The molecule has 1 N–H and O–H groups in total. The Labute approximate surface area is 120 Å². The standard InChI is InChI=1S/C14H13ClO3S/c15-11-6-9(7-13-14(11)18-8-17-13)12(16)4-3-10-2-1-5-19-10/h1-2,5-7,12,16H,3-4,8H2. The Kier molecular flexibility index (Phi) is 3.64. The molecule has 3 nitrogen and oxygen atoms in total. The minimum absolute atomic E-state index is 0.184. The van der Waals surface area contributed by atoms with Gasteiger partial charge in [0.1, 0.15) is 0 Å². The summed E-state index contributed by atoms with van der Waals surface area (Å²) in [5.74, 6) is 1.17. The predicted molar refractivity (Wildman–Crippen MR) is 75.2 cm³/mol. The number of ether oxygens (including phenoxy) is 2. The van der Waals surface area contributed by atoms with Crippen LogP contribution < -0.4 is 9.47 Å². The van der Waals surface area contributed by atoms with E-state index in [1.807, 2.05) is 11.4 Å². The van der Waals surface area contributed by atoms with Gasteiger partial charge >= 0.3 is 0 Å². The molecular weight excluding hydrogens is 284 g/mol. The zero-order valence-electron chi connectivity index (χ0n) is 10.1. The van der Waals surface area contributed by atoms with Gasteiger partial charge in [-0.15, -0.1) is 11.3 Å².